The lowest BCUT2D eigenvalue weighted by Crippen LogP contribution is -2.01. The normalized spacial score (nSPS) is 23.9. The van der Waals surface area contributed by atoms with E-state index in [-0.39, 0.29) is 0 Å². The number of ether oxygens (including phenoxy) is 1. The van der Waals surface area contributed by atoms with Gasteiger partial charge < -0.3 is 9.30 Å². The van der Waals surface area contributed by atoms with Crippen molar-refractivity contribution < 1.29 is 4.74 Å². The second-order valence-corrected chi connectivity index (χ2v) is 4.80. The van der Waals surface area contributed by atoms with Gasteiger partial charge in [0.05, 0.1) is 12.1 Å². The molecule has 1 aromatic carbocycles. The Kier molecular flexibility index (Phi) is 2.08. The molecule has 0 N–H and O–H groups in total. The van der Waals surface area contributed by atoms with Crippen molar-refractivity contribution in [3.05, 3.63) is 35.5 Å². The molecule has 0 aliphatic heterocycles. The van der Waals surface area contributed by atoms with E-state index in [2.05, 4.69) is 42.7 Å². The Morgan fingerprint density at radius 3 is 2.75 bits per heavy atom. The predicted molar refractivity (Wildman–Crippen MR) is 65.9 cm³/mol. The van der Waals surface area contributed by atoms with Crippen LogP contribution in [0, 0.1) is 13.8 Å². The zero-order chi connectivity index (χ0) is 11.3. The van der Waals surface area contributed by atoms with E-state index in [9.17, 15) is 0 Å². The van der Waals surface area contributed by atoms with Crippen LogP contribution in [0.4, 0.5) is 0 Å². The highest BCUT2D eigenvalue weighted by Crippen LogP contribution is 2.42. The standard InChI is InChI=1S/C14H17NO/c1-9-4-5-11-7-10(2)15(12(11)6-9)13-8-14(13)16-3/h4-7,13-14H,8H2,1-3H3. The monoisotopic (exact) mass is 215 g/mol. The molecule has 1 aliphatic rings. The third-order valence-corrected chi connectivity index (χ3v) is 3.52. The highest BCUT2D eigenvalue weighted by molar-refractivity contribution is 5.82. The van der Waals surface area contributed by atoms with Crippen LogP contribution in [0.3, 0.4) is 0 Å². The van der Waals surface area contributed by atoms with Crippen LogP contribution in [-0.4, -0.2) is 17.8 Å². The Balaban J connectivity index is 2.15. The summed E-state index contributed by atoms with van der Waals surface area (Å²) in [7, 11) is 1.80. The molecule has 16 heavy (non-hydrogen) atoms. The second-order valence-electron chi connectivity index (χ2n) is 4.80. The van der Waals surface area contributed by atoms with Gasteiger partial charge in [0.15, 0.2) is 0 Å². The molecule has 2 unspecified atom stereocenters. The number of benzene rings is 1. The molecule has 2 nitrogen and oxygen atoms in total. The van der Waals surface area contributed by atoms with E-state index in [4.69, 9.17) is 4.74 Å². The lowest BCUT2D eigenvalue weighted by molar-refractivity contribution is 0.170. The van der Waals surface area contributed by atoms with E-state index in [0.29, 0.717) is 12.1 Å². The number of methoxy groups -OCH3 is 1. The molecule has 0 bridgehead atoms. The number of aryl methyl sites for hydroxylation is 2. The highest BCUT2D eigenvalue weighted by atomic mass is 16.5. The van der Waals surface area contributed by atoms with E-state index < -0.39 is 0 Å². The van der Waals surface area contributed by atoms with Crippen molar-refractivity contribution >= 4 is 10.9 Å². The molecular formula is C14H17NO. The lowest BCUT2D eigenvalue weighted by Gasteiger charge is -2.07. The number of fused-ring (bicyclic) bond motifs is 1. The predicted octanol–water partition coefficient (Wildman–Crippen LogP) is 3.22. The van der Waals surface area contributed by atoms with Crippen LogP contribution >= 0.6 is 0 Å². The van der Waals surface area contributed by atoms with Crippen LogP contribution in [0.5, 0.6) is 0 Å². The number of hydrogen-bond acceptors (Lipinski definition) is 1. The fourth-order valence-corrected chi connectivity index (χ4v) is 2.59. The Morgan fingerprint density at radius 1 is 1.25 bits per heavy atom. The molecule has 2 aromatic rings. The average molecular weight is 215 g/mol. The first-order valence-corrected chi connectivity index (χ1v) is 5.81. The first-order valence-electron chi connectivity index (χ1n) is 5.81. The highest BCUT2D eigenvalue weighted by Gasteiger charge is 2.40. The van der Waals surface area contributed by atoms with Gasteiger partial charge in [0.2, 0.25) is 0 Å². The van der Waals surface area contributed by atoms with Gasteiger partial charge in [-0.2, -0.15) is 0 Å². The first-order chi connectivity index (χ1) is 7.70. The van der Waals surface area contributed by atoms with Gasteiger partial charge in [-0.1, -0.05) is 12.1 Å². The van der Waals surface area contributed by atoms with Crippen molar-refractivity contribution in [2.24, 2.45) is 0 Å². The molecule has 1 aliphatic carbocycles. The largest absolute Gasteiger partial charge is 0.379 e. The molecule has 0 spiro atoms. The van der Waals surface area contributed by atoms with Crippen LogP contribution < -0.4 is 0 Å². The third kappa shape index (κ3) is 1.37. The van der Waals surface area contributed by atoms with Gasteiger partial charge >= 0.3 is 0 Å². The van der Waals surface area contributed by atoms with Gasteiger partial charge in [0.1, 0.15) is 0 Å². The number of hydrogen-bond donors (Lipinski definition) is 0. The fraction of sp³-hybridized carbons (Fsp3) is 0.429. The zero-order valence-corrected chi connectivity index (χ0v) is 10.0. The maximum absolute atomic E-state index is 5.41. The molecule has 1 fully saturated rings. The summed E-state index contributed by atoms with van der Waals surface area (Å²) in [4.78, 5) is 0. The van der Waals surface area contributed by atoms with E-state index in [0.717, 1.165) is 6.42 Å². The smallest absolute Gasteiger partial charge is 0.0800 e. The van der Waals surface area contributed by atoms with Crippen LogP contribution in [-0.2, 0) is 4.74 Å². The summed E-state index contributed by atoms with van der Waals surface area (Å²) in [6.45, 7) is 4.33. The van der Waals surface area contributed by atoms with Crippen molar-refractivity contribution in [1.29, 1.82) is 0 Å². The quantitative estimate of drug-likeness (QED) is 0.750. The van der Waals surface area contributed by atoms with Gasteiger partial charge in [-0.05, 0) is 43.4 Å². The third-order valence-electron chi connectivity index (χ3n) is 3.52. The topological polar surface area (TPSA) is 14.2 Å². The number of aromatic nitrogens is 1. The van der Waals surface area contributed by atoms with Gasteiger partial charge in [-0.25, -0.2) is 0 Å². The maximum atomic E-state index is 5.41. The van der Waals surface area contributed by atoms with Crippen molar-refractivity contribution in [3.8, 4) is 0 Å². The summed E-state index contributed by atoms with van der Waals surface area (Å²) >= 11 is 0. The summed E-state index contributed by atoms with van der Waals surface area (Å²) in [6, 6.07) is 9.46. The van der Waals surface area contributed by atoms with Crippen LogP contribution in [0.15, 0.2) is 24.3 Å². The van der Waals surface area contributed by atoms with Crippen LogP contribution in [0.2, 0.25) is 0 Å². The SMILES string of the molecule is COC1CC1n1c(C)cc2ccc(C)cc21. The molecule has 1 aromatic heterocycles. The zero-order valence-electron chi connectivity index (χ0n) is 10.0. The summed E-state index contributed by atoms with van der Waals surface area (Å²) in [6.07, 6.45) is 1.56. The maximum Gasteiger partial charge on any atom is 0.0800 e. The Bertz CT molecular complexity index is 541. The van der Waals surface area contributed by atoms with Crippen molar-refractivity contribution in [3.63, 3.8) is 0 Å². The molecule has 2 heteroatoms. The van der Waals surface area contributed by atoms with Gasteiger partial charge in [0.25, 0.3) is 0 Å². The van der Waals surface area contributed by atoms with Crippen LogP contribution in [0.1, 0.15) is 23.7 Å². The summed E-state index contributed by atoms with van der Waals surface area (Å²) in [5, 5.41) is 1.34. The minimum absolute atomic E-state index is 0.412. The molecule has 3 rings (SSSR count). The molecule has 84 valence electrons. The second kappa shape index (κ2) is 3.36. The van der Waals surface area contributed by atoms with Crippen LogP contribution in [0.25, 0.3) is 10.9 Å². The molecule has 0 saturated heterocycles. The summed E-state index contributed by atoms with van der Waals surface area (Å²) < 4.78 is 7.84. The average Bonchev–Trinajstić information content (AvgIpc) is 2.95. The fourth-order valence-electron chi connectivity index (χ4n) is 2.59. The number of nitrogens with zero attached hydrogens (tertiary/aromatic N) is 1. The minimum atomic E-state index is 0.412. The van der Waals surface area contributed by atoms with E-state index in [1.807, 2.05) is 0 Å². The van der Waals surface area contributed by atoms with Gasteiger partial charge in [-0.15, -0.1) is 0 Å². The molecular weight excluding hydrogens is 198 g/mol. The van der Waals surface area contributed by atoms with Gasteiger partial charge in [0, 0.05) is 18.3 Å². The van der Waals surface area contributed by atoms with E-state index >= 15 is 0 Å². The molecule has 1 heterocycles. The Morgan fingerprint density at radius 2 is 2.06 bits per heavy atom. The van der Waals surface area contributed by atoms with E-state index in [1.54, 1.807) is 7.11 Å². The lowest BCUT2D eigenvalue weighted by atomic mass is 10.2. The van der Waals surface area contributed by atoms with Crippen molar-refractivity contribution in [2.45, 2.75) is 32.4 Å². The summed E-state index contributed by atoms with van der Waals surface area (Å²) in [5.41, 5.74) is 4.01. The van der Waals surface area contributed by atoms with Crippen molar-refractivity contribution in [2.75, 3.05) is 7.11 Å². The summed E-state index contributed by atoms with van der Waals surface area (Å²) in [5.74, 6) is 0. The first kappa shape index (κ1) is 9.91. The Hall–Kier alpha value is -1.28. The Labute approximate surface area is 95.8 Å². The molecule has 2 atom stereocenters. The minimum Gasteiger partial charge on any atom is -0.379 e. The molecule has 1 saturated carbocycles. The van der Waals surface area contributed by atoms with Gasteiger partial charge in [-0.3, -0.25) is 0 Å². The van der Waals surface area contributed by atoms with E-state index in [1.165, 1.54) is 22.2 Å². The molecule has 0 amide bonds. The molecule has 0 radical (unpaired) electrons. The number of rotatable bonds is 2. The van der Waals surface area contributed by atoms with Crippen molar-refractivity contribution in [1.82, 2.24) is 4.57 Å².